The molecule has 1 saturated heterocycles. The van der Waals surface area contributed by atoms with E-state index >= 15 is 0 Å². The second-order valence-corrected chi connectivity index (χ2v) is 15.6. The van der Waals surface area contributed by atoms with Gasteiger partial charge in [0, 0.05) is 29.6 Å². The Bertz CT molecular complexity index is 1650. The number of aryl methyl sites for hydroxylation is 2. The van der Waals surface area contributed by atoms with Crippen LogP contribution in [0.1, 0.15) is 77.0 Å². The van der Waals surface area contributed by atoms with Gasteiger partial charge in [0.2, 0.25) is 11.8 Å². The Kier molecular flexibility index (Phi) is 9.18. The fraction of sp³-hybridized carbons (Fsp3) is 0.514. The van der Waals surface area contributed by atoms with Gasteiger partial charge >= 0.3 is 6.09 Å². The van der Waals surface area contributed by atoms with Gasteiger partial charge in [-0.2, -0.15) is 4.98 Å². The minimum Gasteiger partial charge on any atom is -0.477 e. The van der Waals surface area contributed by atoms with Crippen LogP contribution in [-0.4, -0.2) is 54.2 Å². The zero-order chi connectivity index (χ0) is 32.7. The zero-order valence-electron chi connectivity index (χ0n) is 27.6. The maximum Gasteiger partial charge on any atom is 0.410 e. The average molecular weight is 635 g/mol. The summed E-state index contributed by atoms with van der Waals surface area (Å²) in [6.45, 7) is 17.1. The summed E-state index contributed by atoms with van der Waals surface area (Å²) in [7, 11) is -4.03. The number of carbonyl (C=O) groups is 1. The molecule has 1 fully saturated rings. The van der Waals surface area contributed by atoms with Crippen molar-refractivity contribution in [2.45, 2.75) is 90.7 Å². The van der Waals surface area contributed by atoms with Crippen LogP contribution in [0.25, 0.3) is 11.3 Å². The molecule has 1 N–H and O–H groups in total. The van der Waals surface area contributed by atoms with Crippen LogP contribution in [0, 0.1) is 31.6 Å². The van der Waals surface area contributed by atoms with E-state index in [0.29, 0.717) is 30.6 Å². The second-order valence-electron chi connectivity index (χ2n) is 13.9. The molecule has 0 aliphatic carbocycles. The van der Waals surface area contributed by atoms with E-state index in [4.69, 9.17) is 9.47 Å². The Labute approximate surface area is 267 Å². The number of ether oxygens (including phenoxy) is 2. The Hall–Kier alpha value is -3.66. The molecule has 10 heteroatoms. The number of rotatable bonds is 5. The molecule has 0 spiro atoms. The van der Waals surface area contributed by atoms with Crippen molar-refractivity contribution >= 4 is 22.1 Å². The third kappa shape index (κ3) is 7.11. The number of amides is 1. The first kappa shape index (κ1) is 32.7. The third-order valence-corrected chi connectivity index (χ3v) is 10.2. The lowest BCUT2D eigenvalue weighted by molar-refractivity contribution is 0.0581. The highest BCUT2D eigenvalue weighted by atomic mass is 32.2. The molecular formula is C35H46N4O5S. The molecule has 1 aromatic heterocycles. The SMILES string of the molecule is Cc1cccc(C)c1-c1cc2nc(n1)NS(=O)(=O)c1cccc(c1)C(C1CN(C(=O)OC(C)C)C(C)(C)C1)[C@H](CC(C)C)CO2. The highest BCUT2D eigenvalue weighted by molar-refractivity contribution is 7.92. The van der Waals surface area contributed by atoms with Crippen molar-refractivity contribution in [2.75, 3.05) is 17.9 Å². The summed E-state index contributed by atoms with van der Waals surface area (Å²) >= 11 is 0. The molecule has 3 aromatic rings. The standard InChI is InChI=1S/C35H46N4O5S/c1-21(2)15-26-20-43-30-17-29(31-23(5)11-9-12-24(31)6)36-33(37-30)38-45(41,42)28-14-10-13-25(16-28)32(26)27-18-35(7,8)39(19-27)34(40)44-22(3)4/h9-14,16-17,21-22,26-27,32H,15,18-20H2,1-8H3,(H,36,37,38)/t26-,27?,32?/m1/s1. The lowest BCUT2D eigenvalue weighted by atomic mass is 9.72. The van der Waals surface area contributed by atoms with Gasteiger partial charge in [-0.3, -0.25) is 0 Å². The fourth-order valence-corrected chi connectivity index (χ4v) is 8.13. The van der Waals surface area contributed by atoms with Crippen molar-refractivity contribution in [3.63, 3.8) is 0 Å². The number of aromatic nitrogens is 2. The van der Waals surface area contributed by atoms with Crippen LogP contribution >= 0.6 is 0 Å². The normalized spacial score (nSPS) is 22.3. The largest absolute Gasteiger partial charge is 0.477 e. The molecule has 0 saturated carbocycles. The molecule has 9 nitrogen and oxygen atoms in total. The Morgan fingerprint density at radius 2 is 1.76 bits per heavy atom. The number of likely N-dealkylation sites (tertiary alicyclic amines) is 1. The Balaban J connectivity index is 1.63. The van der Waals surface area contributed by atoms with Crippen LogP contribution in [0.3, 0.4) is 0 Å². The van der Waals surface area contributed by atoms with E-state index in [0.717, 1.165) is 35.1 Å². The van der Waals surface area contributed by atoms with Gasteiger partial charge in [0.25, 0.3) is 10.0 Å². The molecule has 2 aliphatic rings. The number of benzene rings is 2. The molecule has 3 atom stereocenters. The maximum absolute atomic E-state index is 13.8. The zero-order valence-corrected chi connectivity index (χ0v) is 28.4. The first-order chi connectivity index (χ1) is 21.1. The summed E-state index contributed by atoms with van der Waals surface area (Å²) in [5, 5.41) is 0. The number of hydrogen-bond acceptors (Lipinski definition) is 7. The van der Waals surface area contributed by atoms with Crippen LogP contribution in [0.15, 0.2) is 53.4 Å². The summed E-state index contributed by atoms with van der Waals surface area (Å²) < 4.78 is 42.3. The highest BCUT2D eigenvalue weighted by Gasteiger charge is 2.47. The number of nitrogens with zero attached hydrogens (tertiary/aromatic N) is 3. The minimum atomic E-state index is -4.03. The molecule has 1 amide bonds. The summed E-state index contributed by atoms with van der Waals surface area (Å²) in [6.07, 6.45) is 1.03. The molecule has 2 unspecified atom stereocenters. The van der Waals surface area contributed by atoms with E-state index in [-0.39, 0.29) is 40.8 Å². The monoisotopic (exact) mass is 634 g/mol. The predicted molar refractivity (Wildman–Crippen MR) is 176 cm³/mol. The van der Waals surface area contributed by atoms with Crippen LogP contribution in [0.2, 0.25) is 0 Å². The van der Waals surface area contributed by atoms with E-state index in [1.807, 2.05) is 56.9 Å². The third-order valence-electron chi connectivity index (χ3n) is 8.92. The molecule has 2 aromatic carbocycles. The lowest BCUT2D eigenvalue weighted by Gasteiger charge is -2.34. The highest BCUT2D eigenvalue weighted by Crippen LogP contribution is 2.46. The van der Waals surface area contributed by atoms with Gasteiger partial charge in [-0.15, -0.1) is 0 Å². The van der Waals surface area contributed by atoms with Crippen molar-refractivity contribution in [1.29, 1.82) is 0 Å². The van der Waals surface area contributed by atoms with Gasteiger partial charge in [0.15, 0.2) is 0 Å². The number of anilines is 1. The molecule has 0 radical (unpaired) electrons. The van der Waals surface area contributed by atoms with E-state index in [1.165, 1.54) is 0 Å². The van der Waals surface area contributed by atoms with Crippen molar-refractivity contribution < 1.29 is 22.7 Å². The minimum absolute atomic E-state index is 0.0132. The summed E-state index contributed by atoms with van der Waals surface area (Å²) in [5.74, 6) is 0.602. The second kappa shape index (κ2) is 12.6. The van der Waals surface area contributed by atoms with E-state index < -0.39 is 15.6 Å². The van der Waals surface area contributed by atoms with Crippen molar-refractivity contribution in [2.24, 2.45) is 17.8 Å². The van der Waals surface area contributed by atoms with Gasteiger partial charge in [-0.25, -0.2) is 22.9 Å². The number of carbonyl (C=O) groups excluding carboxylic acids is 1. The molecule has 3 heterocycles. The van der Waals surface area contributed by atoms with Gasteiger partial charge in [0.05, 0.1) is 23.3 Å². The average Bonchev–Trinajstić information content (AvgIpc) is 3.25. The first-order valence-electron chi connectivity index (χ1n) is 15.8. The van der Waals surface area contributed by atoms with E-state index in [9.17, 15) is 13.2 Å². The van der Waals surface area contributed by atoms with Crippen molar-refractivity contribution in [1.82, 2.24) is 14.9 Å². The van der Waals surface area contributed by atoms with Crippen LogP contribution in [0.5, 0.6) is 5.88 Å². The molecule has 45 heavy (non-hydrogen) atoms. The topological polar surface area (TPSA) is 111 Å². The summed E-state index contributed by atoms with van der Waals surface area (Å²) in [4.78, 5) is 24.3. The molecule has 5 rings (SSSR count). The molecular weight excluding hydrogens is 588 g/mol. The number of sulfonamides is 1. The van der Waals surface area contributed by atoms with Gasteiger partial charge in [-0.1, -0.05) is 44.2 Å². The molecule has 4 bridgehead atoms. The molecule has 242 valence electrons. The van der Waals surface area contributed by atoms with E-state index in [2.05, 4.69) is 42.4 Å². The smallest absolute Gasteiger partial charge is 0.410 e. The van der Waals surface area contributed by atoms with Crippen LogP contribution in [0.4, 0.5) is 10.7 Å². The van der Waals surface area contributed by atoms with Crippen LogP contribution < -0.4 is 9.46 Å². The fourth-order valence-electron chi connectivity index (χ4n) is 7.13. The van der Waals surface area contributed by atoms with Crippen molar-refractivity contribution in [3.8, 4) is 17.1 Å². The first-order valence-corrected chi connectivity index (χ1v) is 17.3. The van der Waals surface area contributed by atoms with Gasteiger partial charge in [-0.05, 0) is 101 Å². The quantitative estimate of drug-likeness (QED) is 0.313. The van der Waals surface area contributed by atoms with Gasteiger partial charge in [0.1, 0.15) is 0 Å². The lowest BCUT2D eigenvalue weighted by Crippen LogP contribution is -2.43. The number of nitrogens with one attached hydrogen (secondary N) is 1. The maximum atomic E-state index is 13.8. The molecule has 2 aliphatic heterocycles. The van der Waals surface area contributed by atoms with Crippen molar-refractivity contribution in [3.05, 3.63) is 65.2 Å². The number of fused-ring (bicyclic) bond motifs is 4. The van der Waals surface area contributed by atoms with Crippen LogP contribution in [-0.2, 0) is 14.8 Å². The Morgan fingerprint density at radius 1 is 1.07 bits per heavy atom. The summed E-state index contributed by atoms with van der Waals surface area (Å²) in [5.41, 5.74) is 4.02. The Morgan fingerprint density at radius 3 is 2.42 bits per heavy atom. The van der Waals surface area contributed by atoms with Gasteiger partial charge < -0.3 is 14.4 Å². The number of hydrogen-bond donors (Lipinski definition) is 1. The summed E-state index contributed by atoms with van der Waals surface area (Å²) in [6, 6.07) is 14.9. The van der Waals surface area contributed by atoms with E-state index in [1.54, 1.807) is 24.3 Å². The predicted octanol–water partition coefficient (Wildman–Crippen LogP) is 7.35.